The topological polar surface area (TPSA) is 64.0 Å². The molecule has 33 heavy (non-hydrogen) atoms. The van der Waals surface area contributed by atoms with Gasteiger partial charge in [-0.3, -0.25) is 4.98 Å². The van der Waals surface area contributed by atoms with Crippen molar-refractivity contribution >= 4 is 17.0 Å². The predicted molar refractivity (Wildman–Crippen MR) is 120 cm³/mol. The number of hydrogen-bond acceptors (Lipinski definition) is 6. The van der Waals surface area contributed by atoms with Gasteiger partial charge in [-0.05, 0) is 57.4 Å². The van der Waals surface area contributed by atoms with Crippen molar-refractivity contribution in [3.05, 3.63) is 53.1 Å². The Kier molecular flexibility index (Phi) is 6.78. The summed E-state index contributed by atoms with van der Waals surface area (Å²) in [6.45, 7) is 8.36. The minimum atomic E-state index is -4.13. The van der Waals surface area contributed by atoms with E-state index in [9.17, 15) is 13.2 Å². The van der Waals surface area contributed by atoms with Gasteiger partial charge in [0.15, 0.2) is 5.65 Å². The normalized spacial score (nSPS) is 20.7. The molecule has 0 N–H and O–H groups in total. The second-order valence-electron chi connectivity index (χ2n) is 8.65. The Hall–Kier alpha value is -2.81. The van der Waals surface area contributed by atoms with E-state index in [1.165, 1.54) is 0 Å². The minimum Gasteiger partial charge on any atom is -0.378 e. The van der Waals surface area contributed by atoms with Crippen molar-refractivity contribution in [1.29, 1.82) is 0 Å². The fourth-order valence-electron chi connectivity index (χ4n) is 4.03. The monoisotopic (exact) mass is 459 g/mol. The van der Waals surface area contributed by atoms with Crippen molar-refractivity contribution in [2.75, 3.05) is 31.2 Å². The molecule has 1 saturated heterocycles. The molecule has 176 valence electrons. The third-order valence-electron chi connectivity index (χ3n) is 6.24. The number of aryl methyl sites for hydroxylation is 3. The first-order valence-electron chi connectivity index (χ1n) is 11.2. The van der Waals surface area contributed by atoms with Crippen LogP contribution in [0.4, 0.5) is 19.1 Å². The van der Waals surface area contributed by atoms with Gasteiger partial charge in [-0.25, -0.2) is 9.97 Å². The van der Waals surface area contributed by atoms with Gasteiger partial charge in [0.05, 0.1) is 24.8 Å². The zero-order valence-corrected chi connectivity index (χ0v) is 19.1. The van der Waals surface area contributed by atoms with Crippen LogP contribution < -0.4 is 4.90 Å². The van der Waals surface area contributed by atoms with E-state index >= 15 is 0 Å². The molecule has 0 aromatic carbocycles. The molecule has 3 aromatic heterocycles. The maximum atomic E-state index is 12.9. The van der Waals surface area contributed by atoms with Crippen LogP contribution in [0.25, 0.3) is 11.0 Å². The van der Waals surface area contributed by atoms with Crippen LogP contribution in [0.1, 0.15) is 41.4 Å². The Morgan fingerprint density at radius 3 is 2.30 bits per heavy atom. The highest BCUT2D eigenvalue weighted by Gasteiger charge is 2.49. The molecule has 1 saturated carbocycles. The highest BCUT2D eigenvalue weighted by molar-refractivity contribution is 5.80. The molecule has 1 aliphatic heterocycles. The van der Waals surface area contributed by atoms with Crippen molar-refractivity contribution in [2.45, 2.75) is 45.7 Å². The number of pyridine rings is 2. The van der Waals surface area contributed by atoms with Crippen LogP contribution in [0.3, 0.4) is 0 Å². The number of nitrogens with zero attached hydrogens (tertiary/aromatic N) is 5. The van der Waals surface area contributed by atoms with E-state index in [1.807, 2.05) is 49.9 Å². The Morgan fingerprint density at radius 1 is 1.00 bits per heavy atom. The highest BCUT2D eigenvalue weighted by Crippen LogP contribution is 2.50. The largest absolute Gasteiger partial charge is 0.391 e. The first-order chi connectivity index (χ1) is 15.7. The molecule has 9 heteroatoms. The average Bonchev–Trinajstić information content (AvgIpc) is 2.74. The molecule has 5 rings (SSSR count). The van der Waals surface area contributed by atoms with E-state index in [1.54, 1.807) is 6.20 Å². The van der Waals surface area contributed by atoms with Gasteiger partial charge in [-0.15, -0.1) is 0 Å². The van der Waals surface area contributed by atoms with Gasteiger partial charge in [-0.2, -0.15) is 18.2 Å². The van der Waals surface area contributed by atoms with Crippen LogP contribution >= 0.6 is 0 Å². The first kappa shape index (κ1) is 23.4. The highest BCUT2D eigenvalue weighted by atomic mass is 19.4. The summed E-state index contributed by atoms with van der Waals surface area (Å²) in [7, 11) is 0. The van der Waals surface area contributed by atoms with E-state index < -0.39 is 12.1 Å². The van der Waals surface area contributed by atoms with Crippen molar-refractivity contribution < 1.29 is 17.9 Å². The molecular weight excluding hydrogens is 431 g/mol. The third kappa shape index (κ3) is 5.40. The summed E-state index contributed by atoms with van der Waals surface area (Å²) >= 11 is 0. The number of hydrogen-bond donors (Lipinski definition) is 0. The number of rotatable bonds is 2. The molecule has 0 amide bonds. The SMILES string of the molecule is Cc1cc2c(C3CC(C(F)(F)F)C3)nc(N3CCOCC3)nc2nc1C.Cc1ccccn1. The van der Waals surface area contributed by atoms with Gasteiger partial charge in [0.1, 0.15) is 0 Å². The van der Waals surface area contributed by atoms with Gasteiger partial charge in [0, 0.05) is 42.0 Å². The van der Waals surface area contributed by atoms with E-state index in [0.717, 1.165) is 22.3 Å². The number of aromatic nitrogens is 4. The number of fused-ring (bicyclic) bond motifs is 1. The van der Waals surface area contributed by atoms with Crippen molar-refractivity contribution in [3.8, 4) is 0 Å². The van der Waals surface area contributed by atoms with E-state index in [2.05, 4.69) is 19.9 Å². The molecule has 0 radical (unpaired) electrons. The van der Waals surface area contributed by atoms with Crippen LogP contribution in [0.5, 0.6) is 0 Å². The maximum absolute atomic E-state index is 12.9. The predicted octanol–water partition coefficient (Wildman–Crippen LogP) is 4.92. The lowest BCUT2D eigenvalue weighted by molar-refractivity contribution is -0.197. The standard InChI is InChI=1S/C18H21F3N4O.C6H7N/c1-10-7-14-15(12-8-13(9-12)18(19,20)21)23-17(24-16(14)22-11(10)2)25-3-5-26-6-4-25;1-6-4-2-3-5-7-6/h7,12-13H,3-6,8-9H2,1-2H3;2-5H,1H3. The molecule has 2 aliphatic rings. The summed E-state index contributed by atoms with van der Waals surface area (Å²) in [5.41, 5.74) is 4.20. The summed E-state index contributed by atoms with van der Waals surface area (Å²) in [6.07, 6.45) is -2.16. The van der Waals surface area contributed by atoms with E-state index in [-0.39, 0.29) is 18.8 Å². The number of alkyl halides is 3. The number of morpholine rings is 1. The van der Waals surface area contributed by atoms with E-state index in [0.29, 0.717) is 43.6 Å². The Balaban J connectivity index is 0.000000318. The van der Waals surface area contributed by atoms with Gasteiger partial charge in [0.25, 0.3) is 0 Å². The van der Waals surface area contributed by atoms with Crippen molar-refractivity contribution in [3.63, 3.8) is 0 Å². The second kappa shape index (κ2) is 9.59. The van der Waals surface area contributed by atoms with Gasteiger partial charge in [0.2, 0.25) is 5.95 Å². The fraction of sp³-hybridized carbons (Fsp3) is 0.500. The molecule has 6 nitrogen and oxygen atoms in total. The lowest BCUT2D eigenvalue weighted by Gasteiger charge is -2.37. The van der Waals surface area contributed by atoms with Crippen molar-refractivity contribution in [2.24, 2.45) is 5.92 Å². The maximum Gasteiger partial charge on any atom is 0.391 e. The minimum absolute atomic E-state index is 0.0884. The zero-order chi connectivity index (χ0) is 23.6. The van der Waals surface area contributed by atoms with Gasteiger partial charge < -0.3 is 9.64 Å². The Bertz CT molecular complexity index is 1090. The molecule has 0 spiro atoms. The van der Waals surface area contributed by atoms with Crippen LogP contribution in [0.2, 0.25) is 0 Å². The Labute approximate surface area is 191 Å². The lowest BCUT2D eigenvalue weighted by atomic mass is 9.72. The number of halogens is 3. The number of ether oxygens (including phenoxy) is 1. The fourth-order valence-corrected chi connectivity index (χ4v) is 4.03. The molecular formula is C24H28F3N5O. The third-order valence-corrected chi connectivity index (χ3v) is 6.24. The summed E-state index contributed by atoms with van der Waals surface area (Å²) < 4.78 is 44.1. The lowest BCUT2D eigenvalue weighted by Crippen LogP contribution is -2.38. The van der Waals surface area contributed by atoms with Gasteiger partial charge in [-0.1, -0.05) is 6.07 Å². The van der Waals surface area contributed by atoms with Crippen LogP contribution in [0, 0.1) is 26.7 Å². The molecule has 1 aliphatic carbocycles. The smallest absolute Gasteiger partial charge is 0.378 e. The Morgan fingerprint density at radius 2 is 1.73 bits per heavy atom. The molecule has 0 bridgehead atoms. The van der Waals surface area contributed by atoms with Crippen LogP contribution in [0.15, 0.2) is 30.5 Å². The molecule has 0 unspecified atom stereocenters. The van der Waals surface area contributed by atoms with Crippen LogP contribution in [-0.2, 0) is 4.74 Å². The molecule has 2 fully saturated rings. The summed E-state index contributed by atoms with van der Waals surface area (Å²) in [4.78, 5) is 19.8. The van der Waals surface area contributed by atoms with Crippen LogP contribution in [-0.4, -0.2) is 52.4 Å². The van der Waals surface area contributed by atoms with Crippen molar-refractivity contribution in [1.82, 2.24) is 19.9 Å². The summed E-state index contributed by atoms with van der Waals surface area (Å²) in [6, 6.07) is 7.81. The van der Waals surface area contributed by atoms with Gasteiger partial charge >= 0.3 is 6.18 Å². The first-order valence-corrected chi connectivity index (χ1v) is 11.2. The zero-order valence-electron chi connectivity index (χ0n) is 19.1. The summed E-state index contributed by atoms with van der Waals surface area (Å²) in [5, 5.41) is 0.774. The summed E-state index contributed by atoms with van der Waals surface area (Å²) in [5.74, 6) is -0.887. The second-order valence-corrected chi connectivity index (χ2v) is 8.65. The quantitative estimate of drug-likeness (QED) is 0.542. The molecule has 4 heterocycles. The average molecular weight is 460 g/mol. The number of anilines is 1. The van der Waals surface area contributed by atoms with E-state index in [4.69, 9.17) is 4.74 Å². The molecule has 0 atom stereocenters. The molecule has 3 aromatic rings.